The largest absolute Gasteiger partial charge is 0.469 e. The summed E-state index contributed by atoms with van der Waals surface area (Å²) < 4.78 is 10.5. The second kappa shape index (κ2) is 10.9. The molecule has 0 aromatic rings. The van der Waals surface area contributed by atoms with Crippen molar-refractivity contribution in [3.8, 4) is 0 Å². The van der Waals surface area contributed by atoms with Crippen LogP contribution in [0, 0.1) is 17.8 Å². The van der Waals surface area contributed by atoms with Crippen molar-refractivity contribution in [2.75, 3.05) is 59.6 Å². The van der Waals surface area contributed by atoms with Crippen LogP contribution in [0.3, 0.4) is 0 Å². The van der Waals surface area contributed by atoms with E-state index in [1.807, 2.05) is 0 Å². The molecular formula is C20H38N4O3. The molecular weight excluding hydrogens is 344 g/mol. The smallest absolute Gasteiger partial charge is 0.310 e. The molecule has 2 saturated heterocycles. The van der Waals surface area contributed by atoms with Crippen LogP contribution in [-0.2, 0) is 14.3 Å². The van der Waals surface area contributed by atoms with Crippen molar-refractivity contribution >= 4 is 11.9 Å². The number of morpholine rings is 1. The van der Waals surface area contributed by atoms with Gasteiger partial charge in [-0.05, 0) is 25.2 Å². The maximum Gasteiger partial charge on any atom is 0.310 e. The molecule has 2 aliphatic rings. The van der Waals surface area contributed by atoms with Crippen LogP contribution in [0.15, 0.2) is 4.99 Å². The summed E-state index contributed by atoms with van der Waals surface area (Å²) in [5, 5.41) is 3.41. The van der Waals surface area contributed by atoms with Crippen molar-refractivity contribution in [1.82, 2.24) is 15.1 Å². The summed E-state index contributed by atoms with van der Waals surface area (Å²) >= 11 is 0. The van der Waals surface area contributed by atoms with Gasteiger partial charge in [0.2, 0.25) is 0 Å². The molecule has 2 fully saturated rings. The average molecular weight is 383 g/mol. The van der Waals surface area contributed by atoms with E-state index in [9.17, 15) is 4.79 Å². The molecule has 0 aromatic carbocycles. The summed E-state index contributed by atoms with van der Waals surface area (Å²) in [5.74, 6) is 1.62. The lowest BCUT2D eigenvalue weighted by Gasteiger charge is -2.35. The lowest BCUT2D eigenvalue weighted by Crippen LogP contribution is -2.46. The number of methoxy groups -OCH3 is 1. The zero-order valence-electron chi connectivity index (χ0n) is 17.7. The maximum absolute atomic E-state index is 12.0. The third-order valence-electron chi connectivity index (χ3n) is 5.51. The minimum absolute atomic E-state index is 0.0791. The Labute approximate surface area is 164 Å². The summed E-state index contributed by atoms with van der Waals surface area (Å²) in [6, 6.07) is 0.430. The number of rotatable bonds is 7. The molecule has 0 aliphatic carbocycles. The number of aliphatic imine (C=N–C) groups is 1. The number of hydrogen-bond donors (Lipinski definition) is 1. The average Bonchev–Trinajstić information content (AvgIpc) is 3.05. The number of carbonyl (C=O) groups is 1. The SMILES string of the molecule is CCNC(=NCC(CC(C)C)N1CCOCC1)N1CC(C)C(C(=O)OC)C1. The van der Waals surface area contributed by atoms with Crippen molar-refractivity contribution in [3.63, 3.8) is 0 Å². The van der Waals surface area contributed by atoms with Gasteiger partial charge in [0.05, 0.1) is 32.8 Å². The molecule has 2 aliphatic heterocycles. The molecule has 2 heterocycles. The molecule has 0 spiro atoms. The van der Waals surface area contributed by atoms with E-state index in [0.29, 0.717) is 18.5 Å². The third-order valence-corrected chi connectivity index (χ3v) is 5.51. The van der Waals surface area contributed by atoms with E-state index >= 15 is 0 Å². The van der Waals surface area contributed by atoms with Crippen molar-refractivity contribution in [2.24, 2.45) is 22.7 Å². The molecule has 7 heteroatoms. The van der Waals surface area contributed by atoms with E-state index in [0.717, 1.165) is 58.3 Å². The van der Waals surface area contributed by atoms with E-state index in [1.165, 1.54) is 7.11 Å². The first kappa shape index (κ1) is 22.0. The highest BCUT2D eigenvalue weighted by atomic mass is 16.5. The topological polar surface area (TPSA) is 66.4 Å². The highest BCUT2D eigenvalue weighted by Gasteiger charge is 2.37. The second-order valence-corrected chi connectivity index (χ2v) is 8.14. The van der Waals surface area contributed by atoms with Crippen molar-refractivity contribution < 1.29 is 14.3 Å². The Kier molecular flexibility index (Phi) is 8.83. The predicted octanol–water partition coefficient (Wildman–Crippen LogP) is 1.44. The van der Waals surface area contributed by atoms with Gasteiger partial charge in [0.15, 0.2) is 5.96 Å². The number of guanidine groups is 1. The number of likely N-dealkylation sites (tertiary alicyclic amines) is 1. The molecule has 156 valence electrons. The lowest BCUT2D eigenvalue weighted by molar-refractivity contribution is -0.145. The highest BCUT2D eigenvalue weighted by molar-refractivity contribution is 5.82. The number of esters is 1. The summed E-state index contributed by atoms with van der Waals surface area (Å²) in [7, 11) is 1.47. The molecule has 1 N–H and O–H groups in total. The Balaban J connectivity index is 2.06. The maximum atomic E-state index is 12.0. The van der Waals surface area contributed by atoms with Crippen LogP contribution in [0.1, 0.15) is 34.1 Å². The van der Waals surface area contributed by atoms with Gasteiger partial charge in [0.1, 0.15) is 0 Å². The van der Waals surface area contributed by atoms with Gasteiger partial charge in [-0.2, -0.15) is 0 Å². The van der Waals surface area contributed by atoms with Crippen LogP contribution in [0.2, 0.25) is 0 Å². The Morgan fingerprint density at radius 3 is 2.59 bits per heavy atom. The first-order valence-corrected chi connectivity index (χ1v) is 10.4. The first-order valence-electron chi connectivity index (χ1n) is 10.4. The third kappa shape index (κ3) is 6.35. The van der Waals surface area contributed by atoms with Gasteiger partial charge in [-0.1, -0.05) is 20.8 Å². The Bertz CT molecular complexity index is 492. The quantitative estimate of drug-likeness (QED) is 0.408. The standard InChI is InChI=1S/C20H38N4O3/c1-6-21-20(24-13-16(4)18(14-24)19(25)26-5)22-12-17(11-15(2)3)23-7-9-27-10-8-23/h15-18H,6-14H2,1-5H3,(H,21,22). The fraction of sp³-hybridized carbons (Fsp3) is 0.900. The minimum atomic E-state index is -0.119. The van der Waals surface area contributed by atoms with Crippen LogP contribution in [0.5, 0.6) is 0 Å². The molecule has 0 bridgehead atoms. The van der Waals surface area contributed by atoms with Crippen LogP contribution >= 0.6 is 0 Å². The number of carbonyl (C=O) groups excluding carboxylic acids is 1. The van der Waals surface area contributed by atoms with E-state index in [-0.39, 0.29) is 17.8 Å². The van der Waals surface area contributed by atoms with Crippen molar-refractivity contribution in [2.45, 2.75) is 40.2 Å². The Morgan fingerprint density at radius 2 is 2.00 bits per heavy atom. The highest BCUT2D eigenvalue weighted by Crippen LogP contribution is 2.24. The van der Waals surface area contributed by atoms with E-state index in [4.69, 9.17) is 14.5 Å². The first-order chi connectivity index (χ1) is 13.0. The zero-order valence-corrected chi connectivity index (χ0v) is 17.7. The van der Waals surface area contributed by atoms with Gasteiger partial charge in [-0.3, -0.25) is 14.7 Å². The predicted molar refractivity (Wildman–Crippen MR) is 108 cm³/mol. The molecule has 0 saturated carbocycles. The van der Waals surface area contributed by atoms with Gasteiger partial charge in [-0.25, -0.2) is 0 Å². The monoisotopic (exact) mass is 382 g/mol. The summed E-state index contributed by atoms with van der Waals surface area (Å²) in [6.07, 6.45) is 1.13. The molecule has 3 atom stereocenters. The Morgan fingerprint density at radius 1 is 1.30 bits per heavy atom. The van der Waals surface area contributed by atoms with Gasteiger partial charge in [0, 0.05) is 38.8 Å². The second-order valence-electron chi connectivity index (χ2n) is 8.14. The molecule has 2 rings (SSSR count). The Hall–Kier alpha value is -1.34. The summed E-state index contributed by atoms with van der Waals surface area (Å²) in [4.78, 5) is 21.7. The number of nitrogens with zero attached hydrogens (tertiary/aromatic N) is 3. The van der Waals surface area contributed by atoms with E-state index in [2.05, 4.69) is 42.8 Å². The minimum Gasteiger partial charge on any atom is -0.469 e. The number of ether oxygens (including phenoxy) is 2. The van der Waals surface area contributed by atoms with Crippen LogP contribution in [0.4, 0.5) is 0 Å². The van der Waals surface area contributed by atoms with E-state index in [1.54, 1.807) is 0 Å². The lowest BCUT2D eigenvalue weighted by atomic mass is 9.99. The van der Waals surface area contributed by atoms with Crippen LogP contribution < -0.4 is 5.32 Å². The molecule has 0 radical (unpaired) electrons. The fourth-order valence-electron chi connectivity index (χ4n) is 4.04. The van der Waals surface area contributed by atoms with Gasteiger partial charge >= 0.3 is 5.97 Å². The zero-order chi connectivity index (χ0) is 19.8. The molecule has 0 aromatic heterocycles. The molecule has 7 nitrogen and oxygen atoms in total. The normalized spacial score (nSPS) is 25.7. The molecule has 27 heavy (non-hydrogen) atoms. The fourth-order valence-corrected chi connectivity index (χ4v) is 4.04. The number of hydrogen-bond acceptors (Lipinski definition) is 5. The van der Waals surface area contributed by atoms with Crippen molar-refractivity contribution in [3.05, 3.63) is 0 Å². The van der Waals surface area contributed by atoms with Gasteiger partial charge < -0.3 is 19.7 Å². The molecule has 3 unspecified atom stereocenters. The van der Waals surface area contributed by atoms with E-state index < -0.39 is 0 Å². The van der Waals surface area contributed by atoms with Crippen molar-refractivity contribution in [1.29, 1.82) is 0 Å². The number of nitrogens with one attached hydrogen (secondary N) is 1. The van der Waals surface area contributed by atoms with Gasteiger partial charge in [-0.15, -0.1) is 0 Å². The molecule has 0 amide bonds. The summed E-state index contributed by atoms with van der Waals surface area (Å²) in [5.41, 5.74) is 0. The van der Waals surface area contributed by atoms with Crippen LogP contribution in [0.25, 0.3) is 0 Å². The van der Waals surface area contributed by atoms with Crippen LogP contribution in [-0.4, -0.2) is 87.4 Å². The summed E-state index contributed by atoms with van der Waals surface area (Å²) in [6.45, 7) is 15.4. The van der Waals surface area contributed by atoms with Gasteiger partial charge in [0.25, 0.3) is 0 Å².